The van der Waals surface area contributed by atoms with Crippen LogP contribution in [0.25, 0.3) is 0 Å². The summed E-state index contributed by atoms with van der Waals surface area (Å²) in [4.78, 5) is 0. The quantitative estimate of drug-likeness (QED) is 0.836. The number of rotatable bonds is 1. The van der Waals surface area contributed by atoms with E-state index in [1.807, 2.05) is 13.8 Å². The minimum Gasteiger partial charge on any atom is -0.490 e. The zero-order chi connectivity index (χ0) is 12.2. The lowest BCUT2D eigenvalue weighted by Crippen LogP contribution is -2.09. The minimum absolute atomic E-state index is 0.174. The molecule has 0 bridgehead atoms. The number of benzene rings is 1. The average Bonchev–Trinajstić information content (AvgIpc) is 2.83. The highest BCUT2D eigenvalue weighted by Gasteiger charge is 2.34. The molecule has 0 spiro atoms. The van der Waals surface area contributed by atoms with Gasteiger partial charge in [0.15, 0.2) is 0 Å². The maximum atomic E-state index is 6.41. The van der Waals surface area contributed by atoms with E-state index in [2.05, 4.69) is 0 Å². The van der Waals surface area contributed by atoms with Crippen LogP contribution in [0.4, 0.5) is 0 Å². The van der Waals surface area contributed by atoms with Crippen LogP contribution in [0.2, 0.25) is 5.02 Å². The van der Waals surface area contributed by atoms with Gasteiger partial charge in [0.05, 0.1) is 5.02 Å². The molecule has 0 radical (unpaired) electrons. The normalized spacial score (nSPS) is 25.2. The molecule has 92 valence electrons. The van der Waals surface area contributed by atoms with E-state index in [1.54, 1.807) is 0 Å². The third-order valence-corrected chi connectivity index (χ3v) is 3.88. The Labute approximate surface area is 106 Å². The molecular formula is C13H16ClNO2. The molecule has 4 heteroatoms. The summed E-state index contributed by atoms with van der Waals surface area (Å²) < 4.78 is 11.6. The summed E-state index contributed by atoms with van der Waals surface area (Å²) in [6.45, 7) is 4.57. The van der Waals surface area contributed by atoms with Crippen LogP contribution < -0.4 is 15.2 Å². The van der Waals surface area contributed by atoms with Crippen LogP contribution >= 0.6 is 11.6 Å². The van der Waals surface area contributed by atoms with Gasteiger partial charge in [0.25, 0.3) is 0 Å². The molecule has 2 N–H and O–H groups in total. The Morgan fingerprint density at radius 3 is 2.35 bits per heavy atom. The SMILES string of the molecule is CC1Cc2c(CN)c3c(c(Cl)c2O1)CC(C)O3. The van der Waals surface area contributed by atoms with E-state index in [1.165, 1.54) is 0 Å². The molecular weight excluding hydrogens is 238 g/mol. The van der Waals surface area contributed by atoms with E-state index in [0.717, 1.165) is 46.1 Å². The smallest absolute Gasteiger partial charge is 0.142 e. The van der Waals surface area contributed by atoms with Gasteiger partial charge in [-0.05, 0) is 13.8 Å². The fraction of sp³-hybridized carbons (Fsp3) is 0.538. The van der Waals surface area contributed by atoms with E-state index >= 15 is 0 Å². The van der Waals surface area contributed by atoms with Crippen molar-refractivity contribution in [3.63, 3.8) is 0 Å². The van der Waals surface area contributed by atoms with Gasteiger partial charge in [-0.1, -0.05) is 11.6 Å². The second-order valence-electron chi connectivity index (χ2n) is 4.88. The molecule has 0 aromatic heterocycles. The van der Waals surface area contributed by atoms with Crippen molar-refractivity contribution in [3.8, 4) is 11.5 Å². The van der Waals surface area contributed by atoms with Crippen molar-refractivity contribution in [3.05, 3.63) is 21.7 Å². The van der Waals surface area contributed by atoms with Crippen molar-refractivity contribution in [2.24, 2.45) is 5.73 Å². The van der Waals surface area contributed by atoms with Crippen LogP contribution in [0, 0.1) is 0 Å². The molecule has 0 amide bonds. The summed E-state index contributed by atoms with van der Waals surface area (Å²) in [5.41, 5.74) is 9.13. The first-order valence-electron chi connectivity index (χ1n) is 6.01. The lowest BCUT2D eigenvalue weighted by Gasteiger charge is -2.13. The summed E-state index contributed by atoms with van der Waals surface area (Å²) in [6, 6.07) is 0. The van der Waals surface area contributed by atoms with Gasteiger partial charge in [-0.15, -0.1) is 0 Å². The van der Waals surface area contributed by atoms with E-state index in [4.69, 9.17) is 26.8 Å². The topological polar surface area (TPSA) is 44.5 Å². The fourth-order valence-corrected chi connectivity index (χ4v) is 3.09. The van der Waals surface area contributed by atoms with Gasteiger partial charge in [-0.25, -0.2) is 0 Å². The molecule has 2 aliphatic heterocycles. The third kappa shape index (κ3) is 1.53. The Morgan fingerprint density at radius 1 is 1.12 bits per heavy atom. The first-order chi connectivity index (χ1) is 8.11. The molecule has 2 heterocycles. The first kappa shape index (κ1) is 11.2. The highest BCUT2D eigenvalue weighted by Crippen LogP contribution is 2.48. The Balaban J connectivity index is 2.23. The maximum Gasteiger partial charge on any atom is 0.142 e. The van der Waals surface area contributed by atoms with Crippen LogP contribution in [-0.4, -0.2) is 12.2 Å². The highest BCUT2D eigenvalue weighted by atomic mass is 35.5. The van der Waals surface area contributed by atoms with Crippen molar-refractivity contribution < 1.29 is 9.47 Å². The molecule has 17 heavy (non-hydrogen) atoms. The number of hydrogen-bond acceptors (Lipinski definition) is 3. The lowest BCUT2D eigenvalue weighted by atomic mass is 9.98. The summed E-state index contributed by atoms with van der Waals surface area (Å²) in [5, 5.41) is 0.723. The lowest BCUT2D eigenvalue weighted by molar-refractivity contribution is 0.252. The molecule has 2 aliphatic rings. The van der Waals surface area contributed by atoms with Crippen LogP contribution in [0.5, 0.6) is 11.5 Å². The van der Waals surface area contributed by atoms with Gasteiger partial charge < -0.3 is 15.2 Å². The standard InChI is InChI=1S/C13H16ClNO2/c1-6-3-8-10(5-15)12-9(4-7(2)16-12)11(14)13(8)17-6/h6-7H,3-5,15H2,1-2H3. The van der Waals surface area contributed by atoms with Crippen LogP contribution in [0.1, 0.15) is 30.5 Å². The maximum absolute atomic E-state index is 6.41. The van der Waals surface area contributed by atoms with Crippen LogP contribution in [-0.2, 0) is 19.4 Å². The summed E-state index contributed by atoms with van der Waals surface area (Å²) in [6.07, 6.45) is 2.05. The van der Waals surface area contributed by atoms with Crippen molar-refractivity contribution in [2.75, 3.05) is 0 Å². The molecule has 3 nitrogen and oxygen atoms in total. The van der Waals surface area contributed by atoms with Gasteiger partial charge in [0, 0.05) is 36.1 Å². The average molecular weight is 254 g/mol. The number of fused-ring (bicyclic) bond motifs is 2. The summed E-state index contributed by atoms with van der Waals surface area (Å²) in [7, 11) is 0. The van der Waals surface area contributed by atoms with E-state index in [0.29, 0.717) is 6.54 Å². The van der Waals surface area contributed by atoms with Gasteiger partial charge in [0.2, 0.25) is 0 Å². The predicted molar refractivity (Wildman–Crippen MR) is 66.9 cm³/mol. The van der Waals surface area contributed by atoms with E-state index < -0.39 is 0 Å². The molecule has 0 saturated carbocycles. The van der Waals surface area contributed by atoms with Gasteiger partial charge in [-0.3, -0.25) is 0 Å². The highest BCUT2D eigenvalue weighted by molar-refractivity contribution is 6.33. The van der Waals surface area contributed by atoms with Gasteiger partial charge in [-0.2, -0.15) is 0 Å². The number of halogens is 1. The Kier molecular flexibility index (Phi) is 2.49. The summed E-state index contributed by atoms with van der Waals surface area (Å²) in [5.74, 6) is 1.73. The first-order valence-corrected chi connectivity index (χ1v) is 6.39. The molecule has 2 atom stereocenters. The zero-order valence-electron chi connectivity index (χ0n) is 10.0. The van der Waals surface area contributed by atoms with Crippen molar-refractivity contribution in [2.45, 2.75) is 45.4 Å². The van der Waals surface area contributed by atoms with Gasteiger partial charge in [0.1, 0.15) is 23.7 Å². The molecule has 2 unspecified atom stereocenters. The second-order valence-corrected chi connectivity index (χ2v) is 5.26. The van der Waals surface area contributed by atoms with E-state index in [9.17, 15) is 0 Å². The van der Waals surface area contributed by atoms with Gasteiger partial charge >= 0.3 is 0 Å². The molecule has 0 fully saturated rings. The molecule has 1 aromatic rings. The minimum atomic E-state index is 0.174. The van der Waals surface area contributed by atoms with Crippen LogP contribution in [0.15, 0.2) is 0 Å². The second kappa shape index (κ2) is 3.79. The predicted octanol–water partition coefficient (Wildman–Crippen LogP) is 2.45. The molecule has 3 rings (SSSR count). The summed E-state index contributed by atoms with van der Waals surface area (Å²) >= 11 is 6.41. The fourth-order valence-electron chi connectivity index (χ4n) is 2.77. The molecule has 0 saturated heterocycles. The Bertz CT molecular complexity index is 448. The number of nitrogens with two attached hydrogens (primary N) is 1. The van der Waals surface area contributed by atoms with Crippen molar-refractivity contribution >= 4 is 11.6 Å². The van der Waals surface area contributed by atoms with E-state index in [-0.39, 0.29) is 12.2 Å². The molecule has 0 aliphatic carbocycles. The largest absolute Gasteiger partial charge is 0.490 e. The van der Waals surface area contributed by atoms with Crippen molar-refractivity contribution in [1.82, 2.24) is 0 Å². The molecule has 1 aromatic carbocycles. The number of hydrogen-bond donors (Lipinski definition) is 1. The monoisotopic (exact) mass is 253 g/mol. The third-order valence-electron chi connectivity index (χ3n) is 3.48. The Morgan fingerprint density at radius 2 is 1.71 bits per heavy atom. The Hall–Kier alpha value is -0.930. The zero-order valence-corrected chi connectivity index (χ0v) is 10.8. The van der Waals surface area contributed by atoms with Crippen molar-refractivity contribution in [1.29, 1.82) is 0 Å². The van der Waals surface area contributed by atoms with Crippen LogP contribution in [0.3, 0.4) is 0 Å². The number of ether oxygens (including phenoxy) is 2.